The second kappa shape index (κ2) is 5.63. The van der Waals surface area contributed by atoms with Gasteiger partial charge in [-0.1, -0.05) is 48.5 Å². The smallest absolute Gasteiger partial charge is 0.354 e. The van der Waals surface area contributed by atoms with Crippen molar-refractivity contribution in [2.75, 3.05) is 0 Å². The van der Waals surface area contributed by atoms with Gasteiger partial charge in [-0.3, -0.25) is 0 Å². The normalized spacial score (nSPS) is 10.5. The van der Waals surface area contributed by atoms with Gasteiger partial charge in [-0.15, -0.1) is 0 Å². The molecule has 0 atom stereocenters. The highest BCUT2D eigenvalue weighted by molar-refractivity contribution is 5.91. The van der Waals surface area contributed by atoms with Crippen LogP contribution in [0.15, 0.2) is 60.7 Å². The van der Waals surface area contributed by atoms with Crippen LogP contribution in [0.4, 0.5) is 0 Å². The number of benzene rings is 2. The zero-order chi connectivity index (χ0) is 14.7. The molecule has 0 amide bonds. The van der Waals surface area contributed by atoms with Crippen molar-refractivity contribution in [3.05, 3.63) is 71.9 Å². The van der Waals surface area contributed by atoms with Crippen molar-refractivity contribution in [3.63, 3.8) is 0 Å². The van der Waals surface area contributed by atoms with Crippen LogP contribution in [0.2, 0.25) is 0 Å². The monoisotopic (exact) mass is 279 g/mol. The third-order valence-electron chi connectivity index (χ3n) is 3.14. The third kappa shape index (κ3) is 2.84. The van der Waals surface area contributed by atoms with Crippen LogP contribution >= 0.6 is 0 Å². The summed E-state index contributed by atoms with van der Waals surface area (Å²) in [4.78, 5) is 15.2. The van der Waals surface area contributed by atoms with Crippen molar-refractivity contribution in [1.29, 1.82) is 0 Å². The van der Waals surface area contributed by atoms with E-state index in [-0.39, 0.29) is 5.69 Å². The van der Waals surface area contributed by atoms with Crippen molar-refractivity contribution >= 4 is 16.9 Å². The molecular weight excluding hydrogens is 266 g/mol. The fraction of sp³-hybridized carbons (Fsp3) is 0.0588. The molecule has 104 valence electrons. The first kappa shape index (κ1) is 13.1. The summed E-state index contributed by atoms with van der Waals surface area (Å²) in [5.41, 5.74) is 1.62. The van der Waals surface area contributed by atoms with Gasteiger partial charge in [0.15, 0.2) is 0 Å². The van der Waals surface area contributed by atoms with Crippen LogP contribution in [-0.4, -0.2) is 16.1 Å². The minimum Gasteiger partial charge on any atom is -0.487 e. The fourth-order valence-corrected chi connectivity index (χ4v) is 2.09. The zero-order valence-electron chi connectivity index (χ0n) is 11.2. The first-order chi connectivity index (χ1) is 10.2. The van der Waals surface area contributed by atoms with Gasteiger partial charge in [0.25, 0.3) is 0 Å². The summed E-state index contributed by atoms with van der Waals surface area (Å²) in [6.07, 6.45) is 0. The summed E-state index contributed by atoms with van der Waals surface area (Å²) in [5, 5.41) is 9.89. The van der Waals surface area contributed by atoms with Crippen LogP contribution in [0.5, 0.6) is 5.75 Å². The van der Waals surface area contributed by atoms with Crippen molar-refractivity contribution in [1.82, 2.24) is 4.98 Å². The summed E-state index contributed by atoms with van der Waals surface area (Å²) in [7, 11) is 0. The first-order valence-electron chi connectivity index (χ1n) is 6.54. The molecule has 2 aromatic carbocycles. The van der Waals surface area contributed by atoms with Gasteiger partial charge < -0.3 is 9.84 Å². The average Bonchev–Trinajstić information content (AvgIpc) is 2.53. The van der Waals surface area contributed by atoms with Crippen molar-refractivity contribution in [3.8, 4) is 5.75 Å². The number of hydrogen-bond donors (Lipinski definition) is 1. The highest BCUT2D eigenvalue weighted by Gasteiger charge is 2.09. The zero-order valence-corrected chi connectivity index (χ0v) is 11.2. The maximum absolute atomic E-state index is 11.0. The lowest BCUT2D eigenvalue weighted by Gasteiger charge is -2.09. The van der Waals surface area contributed by atoms with Gasteiger partial charge in [-0.05, 0) is 17.7 Å². The molecule has 0 saturated heterocycles. The summed E-state index contributed by atoms with van der Waals surface area (Å²) < 4.78 is 5.78. The summed E-state index contributed by atoms with van der Waals surface area (Å²) in [5.74, 6) is -0.464. The Bertz CT molecular complexity index is 784. The summed E-state index contributed by atoms with van der Waals surface area (Å²) >= 11 is 0. The van der Waals surface area contributed by atoms with Crippen LogP contribution in [0, 0.1) is 0 Å². The lowest BCUT2D eigenvalue weighted by molar-refractivity contribution is 0.0691. The van der Waals surface area contributed by atoms with Gasteiger partial charge in [0.1, 0.15) is 23.6 Å². The Balaban J connectivity index is 1.94. The van der Waals surface area contributed by atoms with Crippen LogP contribution in [0.3, 0.4) is 0 Å². The molecule has 4 nitrogen and oxygen atoms in total. The summed E-state index contributed by atoms with van der Waals surface area (Å²) in [6, 6.07) is 18.6. The van der Waals surface area contributed by atoms with Gasteiger partial charge in [-0.25, -0.2) is 9.78 Å². The quantitative estimate of drug-likeness (QED) is 0.794. The fourth-order valence-electron chi connectivity index (χ4n) is 2.09. The molecule has 0 bridgehead atoms. The number of ether oxygens (including phenoxy) is 1. The Labute approximate surface area is 121 Å². The molecule has 0 radical (unpaired) electrons. The van der Waals surface area contributed by atoms with E-state index >= 15 is 0 Å². The molecule has 0 spiro atoms. The van der Waals surface area contributed by atoms with E-state index in [2.05, 4.69) is 4.98 Å². The maximum atomic E-state index is 11.0. The Hall–Kier alpha value is -2.88. The van der Waals surface area contributed by atoms with Gasteiger partial charge in [0.05, 0.1) is 0 Å². The summed E-state index contributed by atoms with van der Waals surface area (Å²) in [6.45, 7) is 0.416. The predicted octanol–water partition coefficient (Wildman–Crippen LogP) is 3.51. The molecule has 0 unspecified atom stereocenters. The Morgan fingerprint density at radius 2 is 1.81 bits per heavy atom. The predicted molar refractivity (Wildman–Crippen MR) is 79.5 cm³/mol. The molecule has 0 fully saturated rings. The van der Waals surface area contributed by atoms with E-state index in [1.54, 1.807) is 12.1 Å². The molecule has 0 aliphatic heterocycles. The SMILES string of the molecule is O=C(O)c1ccc2cccc(OCc3ccccc3)c2n1. The molecular formula is C17H13NO3. The van der Waals surface area contributed by atoms with Gasteiger partial charge >= 0.3 is 5.97 Å². The lowest BCUT2D eigenvalue weighted by atomic mass is 10.2. The number of nitrogens with zero attached hydrogens (tertiary/aromatic N) is 1. The van der Waals surface area contributed by atoms with E-state index in [0.29, 0.717) is 17.9 Å². The minimum atomic E-state index is -1.05. The number of carboxylic acid groups (broad SMARTS) is 1. The molecule has 21 heavy (non-hydrogen) atoms. The standard InChI is InChI=1S/C17H13NO3/c19-17(20)14-10-9-13-7-4-8-15(16(13)18-14)21-11-12-5-2-1-3-6-12/h1-10H,11H2,(H,19,20). The van der Waals surface area contributed by atoms with Crippen molar-refractivity contribution in [2.45, 2.75) is 6.61 Å². The average molecular weight is 279 g/mol. The van der Waals surface area contributed by atoms with Crippen LogP contribution in [0.25, 0.3) is 10.9 Å². The van der Waals surface area contributed by atoms with E-state index in [1.165, 1.54) is 6.07 Å². The molecule has 4 heteroatoms. The molecule has 1 N–H and O–H groups in total. The molecule has 3 aromatic rings. The largest absolute Gasteiger partial charge is 0.487 e. The lowest BCUT2D eigenvalue weighted by Crippen LogP contribution is -2.01. The number of carbonyl (C=O) groups is 1. The molecule has 1 heterocycles. The number of fused-ring (bicyclic) bond motifs is 1. The van der Waals surface area contributed by atoms with E-state index in [9.17, 15) is 4.79 Å². The number of para-hydroxylation sites is 1. The second-order valence-corrected chi connectivity index (χ2v) is 4.60. The van der Waals surface area contributed by atoms with Gasteiger partial charge in [0.2, 0.25) is 0 Å². The van der Waals surface area contributed by atoms with E-state index in [4.69, 9.17) is 9.84 Å². The van der Waals surface area contributed by atoms with Crippen LogP contribution in [-0.2, 0) is 6.61 Å². The van der Waals surface area contributed by atoms with Crippen LogP contribution < -0.4 is 4.74 Å². The van der Waals surface area contributed by atoms with E-state index in [0.717, 1.165) is 10.9 Å². The molecule has 3 rings (SSSR count). The molecule has 0 aliphatic rings. The Morgan fingerprint density at radius 1 is 1.00 bits per heavy atom. The van der Waals surface area contributed by atoms with Gasteiger partial charge in [-0.2, -0.15) is 0 Å². The Morgan fingerprint density at radius 3 is 2.57 bits per heavy atom. The first-order valence-corrected chi connectivity index (χ1v) is 6.54. The maximum Gasteiger partial charge on any atom is 0.354 e. The minimum absolute atomic E-state index is 0.0123. The number of rotatable bonds is 4. The second-order valence-electron chi connectivity index (χ2n) is 4.60. The van der Waals surface area contributed by atoms with Gasteiger partial charge in [0, 0.05) is 5.39 Å². The number of aromatic nitrogens is 1. The van der Waals surface area contributed by atoms with Crippen molar-refractivity contribution in [2.24, 2.45) is 0 Å². The topological polar surface area (TPSA) is 59.4 Å². The number of carboxylic acids is 1. The molecule has 0 aliphatic carbocycles. The number of aromatic carboxylic acids is 1. The van der Waals surface area contributed by atoms with E-state index < -0.39 is 5.97 Å². The molecule has 1 aromatic heterocycles. The Kier molecular flexibility index (Phi) is 3.51. The highest BCUT2D eigenvalue weighted by Crippen LogP contribution is 2.24. The number of pyridine rings is 1. The molecule has 0 saturated carbocycles. The van der Waals surface area contributed by atoms with E-state index in [1.807, 2.05) is 42.5 Å². The van der Waals surface area contributed by atoms with Crippen LogP contribution in [0.1, 0.15) is 16.1 Å². The number of hydrogen-bond acceptors (Lipinski definition) is 3. The van der Waals surface area contributed by atoms with Crippen molar-refractivity contribution < 1.29 is 14.6 Å². The third-order valence-corrected chi connectivity index (χ3v) is 3.14. The highest BCUT2D eigenvalue weighted by atomic mass is 16.5.